The summed E-state index contributed by atoms with van der Waals surface area (Å²) in [5.41, 5.74) is 1.16. The number of methoxy groups -OCH3 is 1. The molecular formula is C23H33N3O2. The molecule has 0 saturated carbocycles. The lowest BCUT2D eigenvalue weighted by Crippen LogP contribution is -2.62. The highest BCUT2D eigenvalue weighted by Gasteiger charge is 2.56. The fraction of sp³-hybridized carbons (Fsp3) is 0.696. The fourth-order valence-electron chi connectivity index (χ4n) is 6.34. The first-order chi connectivity index (χ1) is 13.6. The van der Waals surface area contributed by atoms with Crippen LogP contribution in [0.25, 0.3) is 0 Å². The largest absolute Gasteiger partial charge is 0.497 e. The zero-order chi connectivity index (χ0) is 19.3. The van der Waals surface area contributed by atoms with Gasteiger partial charge in [0.25, 0.3) is 0 Å². The van der Waals surface area contributed by atoms with Gasteiger partial charge in [0.2, 0.25) is 5.91 Å². The molecule has 5 aliphatic heterocycles. The summed E-state index contributed by atoms with van der Waals surface area (Å²) in [4.78, 5) is 18.8. The average molecular weight is 384 g/mol. The summed E-state index contributed by atoms with van der Waals surface area (Å²) >= 11 is 0. The summed E-state index contributed by atoms with van der Waals surface area (Å²) in [5, 5.41) is 3.42. The second-order valence-corrected chi connectivity index (χ2v) is 9.50. The number of benzene rings is 1. The van der Waals surface area contributed by atoms with Gasteiger partial charge in [0.15, 0.2) is 0 Å². The minimum Gasteiger partial charge on any atom is -0.497 e. The zero-order valence-electron chi connectivity index (χ0n) is 17.2. The molecule has 5 fully saturated rings. The lowest BCUT2D eigenvalue weighted by molar-refractivity contribution is -0.147. The van der Waals surface area contributed by atoms with Crippen molar-refractivity contribution in [3.63, 3.8) is 0 Å². The molecule has 0 radical (unpaired) electrons. The fourth-order valence-corrected chi connectivity index (χ4v) is 6.34. The Morgan fingerprint density at radius 1 is 1.11 bits per heavy atom. The number of hydrogen-bond acceptors (Lipinski definition) is 4. The Morgan fingerprint density at radius 3 is 2.43 bits per heavy atom. The molecule has 0 spiro atoms. The molecule has 5 saturated heterocycles. The van der Waals surface area contributed by atoms with Gasteiger partial charge in [-0.3, -0.25) is 9.69 Å². The minimum absolute atomic E-state index is 0.198. The van der Waals surface area contributed by atoms with Gasteiger partial charge >= 0.3 is 0 Å². The number of piperidine rings is 4. The number of carbonyl (C=O) groups is 1. The molecule has 0 unspecified atom stereocenters. The molecule has 1 aromatic rings. The maximum Gasteiger partial charge on any atom is 0.228 e. The monoisotopic (exact) mass is 383 g/mol. The molecule has 28 heavy (non-hydrogen) atoms. The summed E-state index contributed by atoms with van der Waals surface area (Å²) in [6.07, 6.45) is 4.42. The van der Waals surface area contributed by atoms with E-state index in [1.54, 1.807) is 7.11 Å². The van der Waals surface area contributed by atoms with Crippen LogP contribution in [-0.2, 0) is 4.79 Å². The van der Waals surface area contributed by atoms with E-state index >= 15 is 0 Å². The second-order valence-electron chi connectivity index (χ2n) is 9.50. The van der Waals surface area contributed by atoms with Crippen molar-refractivity contribution >= 4 is 5.91 Å². The lowest BCUT2D eigenvalue weighted by Gasteiger charge is -2.52. The number of amides is 1. The Bertz CT molecular complexity index is 720. The Labute approximate surface area is 168 Å². The molecule has 0 aromatic heterocycles. The van der Waals surface area contributed by atoms with Crippen LogP contribution in [0.3, 0.4) is 0 Å². The van der Waals surface area contributed by atoms with Gasteiger partial charge in [0.05, 0.1) is 13.2 Å². The molecular weight excluding hydrogens is 350 g/mol. The summed E-state index contributed by atoms with van der Waals surface area (Å²) < 4.78 is 5.36. The Morgan fingerprint density at radius 2 is 1.79 bits per heavy atom. The van der Waals surface area contributed by atoms with E-state index in [-0.39, 0.29) is 5.41 Å². The number of likely N-dealkylation sites (tertiary alicyclic amines) is 1. The average Bonchev–Trinajstić information content (AvgIpc) is 3.17. The van der Waals surface area contributed by atoms with Crippen molar-refractivity contribution in [3.05, 3.63) is 29.8 Å². The van der Waals surface area contributed by atoms with Crippen molar-refractivity contribution in [2.24, 2.45) is 11.3 Å². The summed E-state index contributed by atoms with van der Waals surface area (Å²) in [5.74, 6) is 2.40. The van der Waals surface area contributed by atoms with Gasteiger partial charge < -0.3 is 15.0 Å². The predicted molar refractivity (Wildman–Crippen MR) is 110 cm³/mol. The van der Waals surface area contributed by atoms with E-state index in [0.29, 0.717) is 29.8 Å². The van der Waals surface area contributed by atoms with Crippen LogP contribution < -0.4 is 10.1 Å². The van der Waals surface area contributed by atoms with Crippen molar-refractivity contribution in [2.45, 2.75) is 50.6 Å². The molecule has 5 nitrogen and oxygen atoms in total. The number of hydrogen-bond donors (Lipinski definition) is 1. The van der Waals surface area contributed by atoms with Crippen molar-refractivity contribution in [1.29, 1.82) is 0 Å². The van der Waals surface area contributed by atoms with Crippen LogP contribution in [0.15, 0.2) is 24.3 Å². The van der Waals surface area contributed by atoms with Crippen LogP contribution in [0.5, 0.6) is 5.75 Å². The molecule has 152 valence electrons. The number of rotatable bonds is 3. The molecule has 2 bridgehead atoms. The van der Waals surface area contributed by atoms with E-state index in [4.69, 9.17) is 4.74 Å². The highest BCUT2D eigenvalue weighted by molar-refractivity contribution is 5.83. The third kappa shape index (κ3) is 2.86. The van der Waals surface area contributed by atoms with Gasteiger partial charge in [-0.25, -0.2) is 0 Å². The van der Waals surface area contributed by atoms with E-state index in [2.05, 4.69) is 46.3 Å². The highest BCUT2D eigenvalue weighted by Crippen LogP contribution is 2.48. The van der Waals surface area contributed by atoms with Gasteiger partial charge in [-0.15, -0.1) is 0 Å². The topological polar surface area (TPSA) is 44.8 Å². The third-order valence-electron chi connectivity index (χ3n) is 8.02. The van der Waals surface area contributed by atoms with Crippen molar-refractivity contribution in [2.75, 3.05) is 39.8 Å². The van der Waals surface area contributed by atoms with Gasteiger partial charge in [-0.2, -0.15) is 0 Å². The van der Waals surface area contributed by atoms with Gasteiger partial charge in [-0.05, 0) is 75.5 Å². The smallest absolute Gasteiger partial charge is 0.228 e. The number of ether oxygens (including phenoxy) is 1. The normalized spacial score (nSPS) is 36.2. The second kappa shape index (κ2) is 7.03. The van der Waals surface area contributed by atoms with Crippen LogP contribution in [0, 0.1) is 11.3 Å². The van der Waals surface area contributed by atoms with E-state index < -0.39 is 0 Å². The molecule has 1 N–H and O–H groups in total. The van der Waals surface area contributed by atoms with E-state index in [1.807, 2.05) is 0 Å². The molecule has 5 heterocycles. The van der Waals surface area contributed by atoms with E-state index in [1.165, 1.54) is 31.5 Å². The summed E-state index contributed by atoms with van der Waals surface area (Å²) in [7, 11) is 1.71. The summed E-state index contributed by atoms with van der Waals surface area (Å²) in [6.45, 7) is 7.39. The van der Waals surface area contributed by atoms with Crippen LogP contribution in [-0.4, -0.2) is 67.6 Å². The maximum absolute atomic E-state index is 13.8. The van der Waals surface area contributed by atoms with Crippen LogP contribution >= 0.6 is 0 Å². The van der Waals surface area contributed by atoms with E-state index in [9.17, 15) is 4.79 Å². The Kier molecular flexibility index (Phi) is 4.63. The minimum atomic E-state index is -0.198. The molecule has 6 rings (SSSR count). The van der Waals surface area contributed by atoms with Crippen LogP contribution in [0.4, 0.5) is 0 Å². The molecule has 3 atom stereocenters. The molecule has 5 heteroatoms. The predicted octanol–water partition coefficient (Wildman–Crippen LogP) is 2.47. The number of nitrogens with one attached hydrogen (secondary N) is 1. The zero-order valence-corrected chi connectivity index (χ0v) is 17.2. The van der Waals surface area contributed by atoms with Gasteiger partial charge in [0.1, 0.15) is 5.75 Å². The van der Waals surface area contributed by atoms with Crippen molar-refractivity contribution in [1.82, 2.24) is 15.1 Å². The van der Waals surface area contributed by atoms with Gasteiger partial charge in [0, 0.05) is 23.9 Å². The van der Waals surface area contributed by atoms with Crippen LogP contribution in [0.2, 0.25) is 0 Å². The quantitative estimate of drug-likeness (QED) is 0.871. The molecule has 5 aliphatic rings. The van der Waals surface area contributed by atoms with Crippen molar-refractivity contribution in [3.8, 4) is 5.75 Å². The first-order valence-electron chi connectivity index (χ1n) is 11.0. The first-order valence-corrected chi connectivity index (χ1v) is 11.0. The van der Waals surface area contributed by atoms with Gasteiger partial charge in [-0.1, -0.05) is 19.1 Å². The number of nitrogens with zero attached hydrogens (tertiary/aromatic N) is 2. The Balaban J connectivity index is 1.47. The Hall–Kier alpha value is -1.59. The maximum atomic E-state index is 13.8. The lowest BCUT2D eigenvalue weighted by atomic mass is 9.74. The first kappa shape index (κ1) is 18.4. The number of fused-ring (bicyclic) bond motifs is 2. The third-order valence-corrected chi connectivity index (χ3v) is 8.02. The molecule has 0 aliphatic carbocycles. The van der Waals surface area contributed by atoms with E-state index in [0.717, 1.165) is 38.2 Å². The van der Waals surface area contributed by atoms with Crippen molar-refractivity contribution < 1.29 is 9.53 Å². The standard InChI is InChI=1S/C23H33N3O2/c1-23(9-11-24-12-10-23)22(27)26-15-19(16-3-5-18(28-2)6-4-16)21-20(26)17-7-13-25(21)14-8-17/h3-6,17,19-21,24H,7-15H2,1-2H3/t19-,20+,21+/m0/s1. The summed E-state index contributed by atoms with van der Waals surface area (Å²) in [6, 6.07) is 9.44. The van der Waals surface area contributed by atoms with Crippen LogP contribution in [0.1, 0.15) is 44.1 Å². The molecule has 1 amide bonds. The number of carbonyl (C=O) groups excluding carboxylic acids is 1. The SMILES string of the molecule is COc1ccc([C@@H]2CN(C(=O)C3(C)CCNCC3)[C@@H]3C4CCN(CC4)[C@@H]32)cc1. The highest BCUT2D eigenvalue weighted by atomic mass is 16.5. The molecule has 1 aromatic carbocycles.